The first-order valence-electron chi connectivity index (χ1n) is 12.5. The van der Waals surface area contributed by atoms with Crippen LogP contribution in [0.15, 0.2) is 84.4 Å². The molecule has 0 radical (unpaired) electrons. The topological polar surface area (TPSA) is 109 Å². The molecule has 0 unspecified atom stereocenters. The third-order valence-corrected chi connectivity index (χ3v) is 7.52. The Labute approximate surface area is 228 Å². The van der Waals surface area contributed by atoms with Crippen LogP contribution in [0, 0.1) is 0 Å². The minimum Gasteiger partial charge on any atom is -0.465 e. The average molecular weight is 540 g/mol. The van der Waals surface area contributed by atoms with Crippen LogP contribution >= 0.6 is 11.3 Å². The van der Waals surface area contributed by atoms with E-state index in [0.717, 1.165) is 40.1 Å². The monoisotopic (exact) mass is 539 g/mol. The van der Waals surface area contributed by atoms with E-state index in [1.54, 1.807) is 22.2 Å². The molecule has 0 atom stereocenters. The lowest BCUT2D eigenvalue weighted by atomic mass is 10.1. The highest BCUT2D eigenvalue weighted by molar-refractivity contribution is 7.13. The third-order valence-electron chi connectivity index (χ3n) is 6.60. The molecule has 1 saturated heterocycles. The number of carboxylic acid groups (broad SMARTS) is 1. The summed E-state index contributed by atoms with van der Waals surface area (Å²) in [5.41, 5.74) is 5.00. The van der Waals surface area contributed by atoms with Gasteiger partial charge in [0.25, 0.3) is 5.91 Å². The molecule has 6 rings (SSSR count). The second-order valence-corrected chi connectivity index (χ2v) is 10.0. The molecule has 1 aliphatic rings. The molecule has 0 bridgehead atoms. The quantitative estimate of drug-likeness (QED) is 0.247. The fourth-order valence-electron chi connectivity index (χ4n) is 4.68. The molecule has 10 heteroatoms. The second kappa shape index (κ2) is 10.6. The van der Waals surface area contributed by atoms with Crippen molar-refractivity contribution in [2.45, 2.75) is 0 Å². The van der Waals surface area contributed by atoms with Crippen LogP contribution in [-0.2, 0) is 4.74 Å². The number of hydrogen-bond donors (Lipinski definition) is 3. The number of amides is 2. The van der Waals surface area contributed by atoms with E-state index >= 15 is 0 Å². The van der Waals surface area contributed by atoms with Crippen LogP contribution in [0.25, 0.3) is 27.0 Å². The van der Waals surface area contributed by atoms with Crippen LogP contribution in [-0.4, -0.2) is 53.2 Å². The molecule has 0 saturated carbocycles. The highest BCUT2D eigenvalue weighted by atomic mass is 32.1. The molecule has 0 aliphatic carbocycles. The number of ether oxygens (including phenoxy) is 1. The van der Waals surface area contributed by atoms with Crippen molar-refractivity contribution in [3.8, 4) is 16.1 Å². The summed E-state index contributed by atoms with van der Waals surface area (Å²) in [5.74, 6) is -0.202. The normalized spacial score (nSPS) is 13.4. The minimum atomic E-state index is -1.15. The number of anilines is 3. The molecule has 5 aromatic rings. The Bertz CT molecular complexity index is 1640. The van der Waals surface area contributed by atoms with Crippen molar-refractivity contribution >= 4 is 51.3 Å². The van der Waals surface area contributed by atoms with E-state index in [4.69, 9.17) is 4.74 Å². The lowest BCUT2D eigenvalue weighted by Crippen LogP contribution is -2.36. The van der Waals surface area contributed by atoms with Crippen molar-refractivity contribution in [2.75, 3.05) is 41.8 Å². The smallest absolute Gasteiger partial charge is 0.409 e. The first-order valence-corrected chi connectivity index (χ1v) is 13.3. The first kappa shape index (κ1) is 24.7. The minimum absolute atomic E-state index is 0.202. The Morgan fingerprint density at radius 2 is 1.77 bits per heavy atom. The van der Waals surface area contributed by atoms with E-state index in [1.165, 1.54) is 0 Å². The van der Waals surface area contributed by atoms with Crippen molar-refractivity contribution < 1.29 is 19.4 Å². The Morgan fingerprint density at radius 1 is 0.949 bits per heavy atom. The van der Waals surface area contributed by atoms with E-state index in [9.17, 15) is 14.7 Å². The maximum atomic E-state index is 12.9. The molecular weight excluding hydrogens is 514 g/mol. The molecule has 39 heavy (non-hydrogen) atoms. The maximum Gasteiger partial charge on any atom is 0.409 e. The van der Waals surface area contributed by atoms with Crippen LogP contribution in [0.1, 0.15) is 10.4 Å². The number of rotatable bonds is 6. The molecular formula is C29H25N5O4S. The van der Waals surface area contributed by atoms with Gasteiger partial charge in [-0.15, -0.1) is 11.3 Å². The highest BCUT2D eigenvalue weighted by Crippen LogP contribution is 2.32. The van der Waals surface area contributed by atoms with Crippen LogP contribution < -0.4 is 15.5 Å². The Balaban J connectivity index is 1.23. The predicted molar refractivity (Wildman–Crippen MR) is 153 cm³/mol. The van der Waals surface area contributed by atoms with Gasteiger partial charge >= 0.3 is 6.09 Å². The number of aromatic nitrogens is 2. The standard InChI is InChI=1S/C29H25N5O4S/c35-28(19-3-7-23(8-4-19)33-11-13-38-14-12-33)31-22-6-10-25-21(16-22)18-30-34(25)26-9-5-20(27-2-1-15-39-27)17-24(26)32-29(36)37/h1-10,15-18,32H,11-14H2,(H,31,35)(H,36,37). The van der Waals surface area contributed by atoms with Gasteiger partial charge in [0.2, 0.25) is 0 Å². The van der Waals surface area contributed by atoms with Gasteiger partial charge in [0.05, 0.1) is 36.3 Å². The largest absolute Gasteiger partial charge is 0.465 e. The van der Waals surface area contributed by atoms with E-state index < -0.39 is 6.09 Å². The summed E-state index contributed by atoms with van der Waals surface area (Å²) in [4.78, 5) is 27.7. The molecule has 0 spiro atoms. The zero-order valence-corrected chi connectivity index (χ0v) is 21.6. The molecule has 9 nitrogen and oxygen atoms in total. The van der Waals surface area contributed by atoms with Crippen LogP contribution in [0.3, 0.4) is 0 Å². The van der Waals surface area contributed by atoms with Gasteiger partial charge in [0.1, 0.15) is 0 Å². The van der Waals surface area contributed by atoms with Crippen molar-refractivity contribution in [3.05, 3.63) is 89.9 Å². The number of benzene rings is 3. The molecule has 1 aliphatic heterocycles. The average Bonchev–Trinajstić information content (AvgIpc) is 3.64. The SMILES string of the molecule is O=C(O)Nc1cc(-c2cccs2)ccc1-n1ncc2cc(NC(=O)c3ccc(N4CCOCC4)cc3)ccc21. The zero-order valence-electron chi connectivity index (χ0n) is 20.8. The number of nitrogens with zero attached hydrogens (tertiary/aromatic N) is 3. The van der Waals surface area contributed by atoms with Crippen LogP contribution in [0.2, 0.25) is 0 Å². The Morgan fingerprint density at radius 3 is 2.51 bits per heavy atom. The fourth-order valence-corrected chi connectivity index (χ4v) is 5.41. The van der Waals surface area contributed by atoms with Gasteiger partial charge in [-0.1, -0.05) is 12.1 Å². The molecule has 2 amide bonds. The van der Waals surface area contributed by atoms with Gasteiger partial charge in [0.15, 0.2) is 0 Å². The molecule has 2 aromatic heterocycles. The zero-order chi connectivity index (χ0) is 26.8. The summed E-state index contributed by atoms with van der Waals surface area (Å²) in [5, 5.41) is 22.2. The summed E-state index contributed by atoms with van der Waals surface area (Å²) < 4.78 is 7.10. The van der Waals surface area contributed by atoms with Crippen molar-refractivity contribution in [3.63, 3.8) is 0 Å². The number of nitrogens with one attached hydrogen (secondary N) is 2. The molecule has 196 valence electrons. The lowest BCUT2D eigenvalue weighted by Gasteiger charge is -2.28. The van der Waals surface area contributed by atoms with Gasteiger partial charge in [-0.25, -0.2) is 9.48 Å². The number of hydrogen-bond acceptors (Lipinski definition) is 6. The first-order chi connectivity index (χ1) is 19.0. The number of carbonyl (C=O) groups excluding carboxylic acids is 1. The molecule has 3 aromatic carbocycles. The predicted octanol–water partition coefficient (Wildman–Crippen LogP) is 5.93. The summed E-state index contributed by atoms with van der Waals surface area (Å²) in [6.45, 7) is 3.09. The van der Waals surface area contributed by atoms with Gasteiger partial charge in [-0.3, -0.25) is 10.1 Å². The van der Waals surface area contributed by atoms with Crippen molar-refractivity contribution in [2.24, 2.45) is 0 Å². The maximum absolute atomic E-state index is 12.9. The van der Waals surface area contributed by atoms with Crippen molar-refractivity contribution in [1.82, 2.24) is 9.78 Å². The van der Waals surface area contributed by atoms with Crippen LogP contribution in [0.5, 0.6) is 0 Å². The van der Waals surface area contributed by atoms with Gasteiger partial charge in [-0.05, 0) is 71.6 Å². The van der Waals surface area contributed by atoms with Crippen molar-refractivity contribution in [1.29, 1.82) is 0 Å². The lowest BCUT2D eigenvalue weighted by molar-refractivity contribution is 0.102. The molecule has 3 N–H and O–H groups in total. The van der Waals surface area contributed by atoms with Gasteiger partial charge in [0, 0.05) is 40.3 Å². The summed E-state index contributed by atoms with van der Waals surface area (Å²) in [6, 6.07) is 22.6. The Kier molecular flexibility index (Phi) is 6.70. The Hall–Kier alpha value is -4.67. The summed E-state index contributed by atoms with van der Waals surface area (Å²) in [7, 11) is 0. The number of thiophene rings is 1. The highest BCUT2D eigenvalue weighted by Gasteiger charge is 2.15. The van der Waals surface area contributed by atoms with Gasteiger partial charge in [-0.2, -0.15) is 5.10 Å². The van der Waals surface area contributed by atoms with E-state index in [0.29, 0.717) is 35.8 Å². The van der Waals surface area contributed by atoms with Crippen LogP contribution in [0.4, 0.5) is 21.9 Å². The third kappa shape index (κ3) is 5.20. The summed E-state index contributed by atoms with van der Waals surface area (Å²) in [6.07, 6.45) is 0.541. The van der Waals surface area contributed by atoms with E-state index in [2.05, 4.69) is 20.6 Å². The molecule has 1 fully saturated rings. The number of fused-ring (bicyclic) bond motifs is 1. The summed E-state index contributed by atoms with van der Waals surface area (Å²) >= 11 is 1.58. The van der Waals surface area contributed by atoms with E-state index in [-0.39, 0.29) is 5.91 Å². The number of carbonyl (C=O) groups is 2. The fraction of sp³-hybridized carbons (Fsp3) is 0.138. The van der Waals surface area contributed by atoms with Gasteiger partial charge < -0.3 is 20.1 Å². The van der Waals surface area contributed by atoms with E-state index in [1.807, 2.05) is 78.2 Å². The molecule has 3 heterocycles. The second-order valence-electron chi connectivity index (χ2n) is 9.07. The number of morpholine rings is 1.